The fourth-order valence-corrected chi connectivity index (χ4v) is 4.49. The molecule has 1 aliphatic rings. The molecule has 3 aromatic rings. The van der Waals surface area contributed by atoms with E-state index >= 15 is 0 Å². The van der Waals surface area contributed by atoms with Gasteiger partial charge in [0.05, 0.1) is 19.8 Å². The molecule has 1 fully saturated rings. The summed E-state index contributed by atoms with van der Waals surface area (Å²) < 4.78 is 13.3. The molecule has 4 rings (SSSR count). The Hall–Kier alpha value is -2.97. The summed E-state index contributed by atoms with van der Waals surface area (Å²) in [6, 6.07) is 16.5. The standard InChI is InChI=1S/C25H34N6O2/c1-25(2,3)31-24(26-27-28-31)22(20-12-9-13-21(32-4)23(20)33-5)30-16-14-29(15-17-30)18-19-10-7-6-8-11-19/h6-13,22H,14-18H2,1-5H3/t22-/m1/s1. The van der Waals surface area contributed by atoms with Gasteiger partial charge >= 0.3 is 0 Å². The number of methoxy groups -OCH3 is 2. The van der Waals surface area contributed by atoms with Crippen molar-refractivity contribution in [2.24, 2.45) is 0 Å². The summed E-state index contributed by atoms with van der Waals surface area (Å²) in [6.07, 6.45) is 0. The van der Waals surface area contributed by atoms with Gasteiger partial charge in [-0.3, -0.25) is 9.80 Å². The fourth-order valence-electron chi connectivity index (χ4n) is 4.49. The Balaban J connectivity index is 1.66. The van der Waals surface area contributed by atoms with Crippen molar-refractivity contribution in [1.29, 1.82) is 0 Å². The third-order valence-corrected chi connectivity index (χ3v) is 6.12. The highest BCUT2D eigenvalue weighted by atomic mass is 16.5. The Morgan fingerprint density at radius 3 is 2.27 bits per heavy atom. The number of ether oxygens (including phenoxy) is 2. The first-order chi connectivity index (χ1) is 15.9. The van der Waals surface area contributed by atoms with Gasteiger partial charge < -0.3 is 9.47 Å². The van der Waals surface area contributed by atoms with Crippen LogP contribution in [0.5, 0.6) is 11.5 Å². The molecule has 0 N–H and O–H groups in total. The van der Waals surface area contributed by atoms with E-state index < -0.39 is 0 Å². The molecule has 0 amide bonds. The number of rotatable bonds is 7. The molecule has 0 spiro atoms. The SMILES string of the molecule is COc1cccc([C@H](c2nnnn2C(C)(C)C)N2CCN(Cc3ccccc3)CC2)c1OC. The first-order valence-electron chi connectivity index (χ1n) is 11.4. The highest BCUT2D eigenvalue weighted by molar-refractivity contribution is 5.49. The zero-order valence-corrected chi connectivity index (χ0v) is 20.2. The number of para-hydroxylation sites is 1. The number of nitrogens with zero attached hydrogens (tertiary/aromatic N) is 6. The Bertz CT molecular complexity index is 1040. The van der Waals surface area contributed by atoms with Crippen LogP contribution in [0.4, 0.5) is 0 Å². The van der Waals surface area contributed by atoms with Gasteiger partial charge in [0.25, 0.3) is 0 Å². The van der Waals surface area contributed by atoms with Crippen LogP contribution in [0.25, 0.3) is 0 Å². The quantitative estimate of drug-likeness (QED) is 0.547. The van der Waals surface area contributed by atoms with Crippen molar-refractivity contribution in [2.75, 3.05) is 40.4 Å². The van der Waals surface area contributed by atoms with Crippen molar-refractivity contribution in [1.82, 2.24) is 30.0 Å². The highest BCUT2D eigenvalue weighted by Crippen LogP contribution is 2.40. The molecule has 0 aliphatic carbocycles. The van der Waals surface area contributed by atoms with E-state index in [1.165, 1.54) is 5.56 Å². The van der Waals surface area contributed by atoms with Gasteiger partial charge in [-0.2, -0.15) is 0 Å². The second-order valence-electron chi connectivity index (χ2n) is 9.40. The van der Waals surface area contributed by atoms with Crippen molar-refractivity contribution in [3.8, 4) is 11.5 Å². The van der Waals surface area contributed by atoms with Crippen molar-refractivity contribution >= 4 is 0 Å². The van der Waals surface area contributed by atoms with E-state index in [4.69, 9.17) is 9.47 Å². The number of aromatic nitrogens is 4. The summed E-state index contributed by atoms with van der Waals surface area (Å²) in [5, 5.41) is 12.9. The highest BCUT2D eigenvalue weighted by Gasteiger charge is 2.35. The predicted molar refractivity (Wildman–Crippen MR) is 127 cm³/mol. The van der Waals surface area contributed by atoms with Crippen LogP contribution >= 0.6 is 0 Å². The van der Waals surface area contributed by atoms with Crippen LogP contribution in [0.1, 0.15) is 43.8 Å². The fraction of sp³-hybridized carbons (Fsp3) is 0.480. The molecule has 0 saturated carbocycles. The molecule has 1 atom stereocenters. The Morgan fingerprint density at radius 1 is 0.909 bits per heavy atom. The van der Waals surface area contributed by atoms with Crippen LogP contribution in [0.15, 0.2) is 48.5 Å². The van der Waals surface area contributed by atoms with Crippen LogP contribution in [0.2, 0.25) is 0 Å². The van der Waals surface area contributed by atoms with Gasteiger partial charge in [0.2, 0.25) is 0 Å². The monoisotopic (exact) mass is 450 g/mol. The molecule has 0 bridgehead atoms. The maximum Gasteiger partial charge on any atom is 0.173 e. The van der Waals surface area contributed by atoms with Crippen LogP contribution in [-0.4, -0.2) is 70.4 Å². The van der Waals surface area contributed by atoms with Gasteiger partial charge in [-0.1, -0.05) is 42.5 Å². The molecule has 1 aliphatic heterocycles. The molecule has 176 valence electrons. The van der Waals surface area contributed by atoms with Crippen molar-refractivity contribution in [3.05, 3.63) is 65.5 Å². The van der Waals surface area contributed by atoms with Crippen LogP contribution in [0.3, 0.4) is 0 Å². The topological polar surface area (TPSA) is 68.5 Å². The zero-order chi connectivity index (χ0) is 23.4. The zero-order valence-electron chi connectivity index (χ0n) is 20.2. The van der Waals surface area contributed by atoms with Crippen LogP contribution < -0.4 is 9.47 Å². The van der Waals surface area contributed by atoms with E-state index in [0.717, 1.165) is 49.9 Å². The van der Waals surface area contributed by atoms with Gasteiger partial charge in [0, 0.05) is 38.3 Å². The lowest BCUT2D eigenvalue weighted by Gasteiger charge is -2.40. The molecule has 0 radical (unpaired) electrons. The summed E-state index contributed by atoms with van der Waals surface area (Å²) in [6.45, 7) is 11.0. The predicted octanol–water partition coefficient (Wildman–Crippen LogP) is 3.35. The molecule has 33 heavy (non-hydrogen) atoms. The van der Waals surface area contributed by atoms with E-state index in [-0.39, 0.29) is 11.6 Å². The molecule has 1 saturated heterocycles. The van der Waals surface area contributed by atoms with E-state index in [0.29, 0.717) is 5.75 Å². The van der Waals surface area contributed by atoms with Crippen molar-refractivity contribution in [3.63, 3.8) is 0 Å². The second-order valence-corrected chi connectivity index (χ2v) is 9.40. The molecule has 2 heterocycles. The van der Waals surface area contributed by atoms with Gasteiger partial charge in [0.15, 0.2) is 17.3 Å². The van der Waals surface area contributed by atoms with Gasteiger partial charge in [0.1, 0.15) is 6.04 Å². The number of piperazine rings is 1. The number of benzene rings is 2. The number of hydrogen-bond acceptors (Lipinski definition) is 7. The van der Waals surface area contributed by atoms with Gasteiger partial charge in [-0.15, -0.1) is 5.10 Å². The Morgan fingerprint density at radius 2 is 1.64 bits per heavy atom. The minimum Gasteiger partial charge on any atom is -0.493 e. The van der Waals surface area contributed by atoms with E-state index in [9.17, 15) is 0 Å². The molecular weight excluding hydrogens is 416 g/mol. The Kier molecular flexibility index (Phi) is 6.95. The third-order valence-electron chi connectivity index (χ3n) is 6.12. The average molecular weight is 451 g/mol. The first-order valence-corrected chi connectivity index (χ1v) is 11.4. The maximum absolute atomic E-state index is 5.82. The lowest BCUT2D eigenvalue weighted by atomic mass is 10.00. The van der Waals surface area contributed by atoms with E-state index in [1.54, 1.807) is 14.2 Å². The minimum absolute atomic E-state index is 0.150. The maximum atomic E-state index is 5.82. The first kappa shape index (κ1) is 23.2. The molecule has 8 heteroatoms. The van der Waals surface area contributed by atoms with Gasteiger partial charge in [-0.25, -0.2) is 4.68 Å². The summed E-state index contributed by atoms with van der Waals surface area (Å²) in [5.41, 5.74) is 2.10. The lowest BCUT2D eigenvalue weighted by molar-refractivity contribution is 0.0968. The number of tetrazole rings is 1. The van der Waals surface area contributed by atoms with Crippen LogP contribution in [0, 0.1) is 0 Å². The van der Waals surface area contributed by atoms with E-state index in [1.807, 2.05) is 16.8 Å². The normalized spacial score (nSPS) is 16.5. The summed E-state index contributed by atoms with van der Waals surface area (Å²) in [5.74, 6) is 2.24. The Labute approximate surface area is 196 Å². The van der Waals surface area contributed by atoms with Gasteiger partial charge in [-0.05, 0) is 42.8 Å². The lowest BCUT2D eigenvalue weighted by Crippen LogP contribution is -2.48. The second kappa shape index (κ2) is 9.89. The van der Waals surface area contributed by atoms with Crippen molar-refractivity contribution < 1.29 is 9.47 Å². The van der Waals surface area contributed by atoms with Crippen LogP contribution in [-0.2, 0) is 12.1 Å². The third kappa shape index (κ3) is 5.02. The molecular formula is C25H34N6O2. The largest absolute Gasteiger partial charge is 0.493 e. The molecule has 2 aromatic carbocycles. The average Bonchev–Trinajstić information content (AvgIpc) is 3.31. The van der Waals surface area contributed by atoms with E-state index in [2.05, 4.69) is 82.5 Å². The molecule has 0 unspecified atom stereocenters. The summed E-state index contributed by atoms with van der Waals surface area (Å²) in [4.78, 5) is 4.95. The summed E-state index contributed by atoms with van der Waals surface area (Å²) in [7, 11) is 3.35. The smallest absolute Gasteiger partial charge is 0.173 e. The molecule has 8 nitrogen and oxygen atoms in total. The summed E-state index contributed by atoms with van der Waals surface area (Å²) >= 11 is 0. The minimum atomic E-state index is -0.252. The van der Waals surface area contributed by atoms with Crippen molar-refractivity contribution in [2.45, 2.75) is 38.9 Å². The number of hydrogen-bond donors (Lipinski definition) is 0. The molecule has 1 aromatic heterocycles.